The summed E-state index contributed by atoms with van der Waals surface area (Å²) in [6.07, 6.45) is 1.72. The van der Waals surface area contributed by atoms with E-state index in [1.807, 2.05) is 62.4 Å². The second-order valence-corrected chi connectivity index (χ2v) is 10.9. The molecule has 10 heteroatoms. The largest absolute Gasteiger partial charge is 0.504 e. The number of benzene rings is 3. The lowest BCUT2D eigenvalue weighted by molar-refractivity contribution is -0.138. The van der Waals surface area contributed by atoms with E-state index in [0.717, 1.165) is 5.56 Å². The van der Waals surface area contributed by atoms with Gasteiger partial charge in [-0.15, -0.1) is 0 Å². The molecule has 4 aromatic rings. The van der Waals surface area contributed by atoms with E-state index < -0.39 is 12.0 Å². The number of ether oxygens (including phenoxy) is 4. The van der Waals surface area contributed by atoms with E-state index in [2.05, 4.69) is 0 Å². The fourth-order valence-electron chi connectivity index (χ4n) is 4.92. The Morgan fingerprint density at radius 3 is 2.41 bits per heavy atom. The van der Waals surface area contributed by atoms with Gasteiger partial charge in [0.2, 0.25) is 0 Å². The van der Waals surface area contributed by atoms with Crippen LogP contribution in [0.15, 0.2) is 82.1 Å². The minimum atomic E-state index is -0.736. The van der Waals surface area contributed by atoms with Crippen molar-refractivity contribution in [3.63, 3.8) is 0 Å². The third kappa shape index (κ3) is 6.40. The van der Waals surface area contributed by atoms with Gasteiger partial charge in [-0.2, -0.15) is 0 Å². The van der Waals surface area contributed by atoms with Crippen molar-refractivity contribution in [3.8, 4) is 23.0 Å². The lowest BCUT2D eigenvalue weighted by Gasteiger charge is -2.23. The van der Waals surface area contributed by atoms with Gasteiger partial charge >= 0.3 is 5.97 Å². The van der Waals surface area contributed by atoms with Crippen LogP contribution in [0, 0.1) is 0 Å². The number of aromatic hydroxyl groups is 1. The first-order valence-corrected chi connectivity index (χ1v) is 15.2. The quantitative estimate of drug-likeness (QED) is 0.237. The molecule has 1 aromatic heterocycles. The van der Waals surface area contributed by atoms with Crippen LogP contribution in [-0.2, 0) is 16.1 Å². The van der Waals surface area contributed by atoms with Crippen LogP contribution >= 0.6 is 11.3 Å². The lowest BCUT2D eigenvalue weighted by atomic mass is 9.96. The molecule has 2 heterocycles. The fourth-order valence-corrected chi connectivity index (χ4v) is 5.96. The van der Waals surface area contributed by atoms with Crippen LogP contribution < -0.4 is 29.1 Å². The first kappa shape index (κ1) is 30.6. The van der Waals surface area contributed by atoms with Crippen molar-refractivity contribution < 1.29 is 28.8 Å². The molecule has 0 saturated heterocycles. The molecule has 5 rings (SSSR count). The fraction of sp³-hybridized carbons (Fsp3) is 0.265. The molecular formula is C34H34N2O7S. The number of rotatable bonds is 11. The van der Waals surface area contributed by atoms with Gasteiger partial charge in [0.15, 0.2) is 27.8 Å². The maximum Gasteiger partial charge on any atom is 0.338 e. The number of nitrogens with zero attached hydrogens (tertiary/aromatic N) is 2. The molecule has 0 fully saturated rings. The number of carbonyl (C=O) groups is 1. The van der Waals surface area contributed by atoms with Crippen LogP contribution in [0.3, 0.4) is 0 Å². The van der Waals surface area contributed by atoms with Crippen LogP contribution in [0.5, 0.6) is 23.0 Å². The summed E-state index contributed by atoms with van der Waals surface area (Å²) in [5.74, 6) is 0.894. The number of carbonyl (C=O) groups excluding carboxylic acids is 1. The molecule has 1 N–H and O–H groups in total. The van der Waals surface area contributed by atoms with E-state index in [-0.39, 0.29) is 23.5 Å². The van der Waals surface area contributed by atoms with E-state index >= 15 is 0 Å². The Bertz CT molecular complexity index is 1880. The van der Waals surface area contributed by atoms with Crippen molar-refractivity contribution in [1.82, 2.24) is 4.57 Å². The second kappa shape index (κ2) is 13.6. The van der Waals surface area contributed by atoms with Crippen LogP contribution in [0.4, 0.5) is 0 Å². The average Bonchev–Trinajstić information content (AvgIpc) is 3.33. The van der Waals surface area contributed by atoms with Gasteiger partial charge < -0.3 is 24.1 Å². The Kier molecular flexibility index (Phi) is 9.50. The van der Waals surface area contributed by atoms with Gasteiger partial charge in [-0.25, -0.2) is 9.79 Å². The molecule has 0 bridgehead atoms. The summed E-state index contributed by atoms with van der Waals surface area (Å²) in [6.45, 7) is 8.52. The van der Waals surface area contributed by atoms with Crippen LogP contribution in [0.2, 0.25) is 0 Å². The zero-order valence-corrected chi connectivity index (χ0v) is 25.8. The number of hydrogen-bond donors (Lipinski definition) is 1. The standard InChI is InChI=1S/C34H34N2O7S/c1-5-40-27-17-23(13-15-25(27)37)18-29-32(38)36-21(4)30(33(39)42-7-3)31(35-34(36)44-29)24-14-16-26(28(19-24)41-6-2)43-20-22-11-9-8-10-12-22/h8-19,31,37H,5-7,20H2,1-4H3/b29-18-/t31-/m0/s1. The summed E-state index contributed by atoms with van der Waals surface area (Å²) in [6, 6.07) is 19.5. The van der Waals surface area contributed by atoms with Gasteiger partial charge in [-0.3, -0.25) is 9.36 Å². The molecule has 0 spiro atoms. The highest BCUT2D eigenvalue weighted by Crippen LogP contribution is 2.37. The summed E-state index contributed by atoms with van der Waals surface area (Å²) in [4.78, 5) is 32.3. The zero-order valence-electron chi connectivity index (χ0n) is 25.0. The Morgan fingerprint density at radius 1 is 0.932 bits per heavy atom. The molecule has 0 unspecified atom stereocenters. The minimum absolute atomic E-state index is 0.0183. The van der Waals surface area contributed by atoms with Crippen molar-refractivity contribution in [2.75, 3.05) is 19.8 Å². The van der Waals surface area contributed by atoms with Crippen molar-refractivity contribution >= 4 is 29.1 Å². The van der Waals surface area contributed by atoms with Gasteiger partial charge in [0.05, 0.1) is 29.9 Å². The van der Waals surface area contributed by atoms with Crippen molar-refractivity contribution in [2.24, 2.45) is 4.99 Å². The number of phenolic OH excluding ortho intramolecular Hbond substituents is 1. The predicted molar refractivity (Wildman–Crippen MR) is 169 cm³/mol. The maximum absolute atomic E-state index is 13.6. The number of phenols is 1. The van der Waals surface area contributed by atoms with E-state index in [0.29, 0.717) is 63.2 Å². The third-order valence-electron chi connectivity index (χ3n) is 6.94. The summed E-state index contributed by atoms with van der Waals surface area (Å²) < 4.78 is 24.8. The van der Waals surface area contributed by atoms with Gasteiger partial charge in [0.25, 0.3) is 5.56 Å². The number of fused-ring (bicyclic) bond motifs is 1. The Balaban J connectivity index is 1.59. The molecule has 1 atom stereocenters. The number of aromatic nitrogens is 1. The van der Waals surface area contributed by atoms with Crippen LogP contribution in [0.25, 0.3) is 11.8 Å². The molecule has 44 heavy (non-hydrogen) atoms. The molecule has 0 aliphatic carbocycles. The average molecular weight is 615 g/mol. The smallest absolute Gasteiger partial charge is 0.338 e. The first-order chi connectivity index (χ1) is 21.3. The predicted octanol–water partition coefficient (Wildman–Crippen LogP) is 4.99. The minimum Gasteiger partial charge on any atom is -0.504 e. The summed E-state index contributed by atoms with van der Waals surface area (Å²) in [5.41, 5.74) is 2.81. The lowest BCUT2D eigenvalue weighted by Crippen LogP contribution is -2.35. The van der Waals surface area contributed by atoms with Crippen molar-refractivity contribution in [3.05, 3.63) is 109 Å². The topological polar surface area (TPSA) is 109 Å². The van der Waals surface area contributed by atoms with E-state index in [1.54, 1.807) is 32.1 Å². The SMILES string of the molecule is CCOC(=O)C1=C(C)n2c(s/c(=C\c3ccc(O)c(OCC)c3)c2=O)=N[C@H]1c1ccc(OCc2ccccc2)c(OCC)c1. The monoisotopic (exact) mass is 614 g/mol. The highest BCUT2D eigenvalue weighted by atomic mass is 32.1. The Morgan fingerprint density at radius 2 is 1.68 bits per heavy atom. The Labute approximate surface area is 258 Å². The molecule has 1 aliphatic rings. The zero-order chi connectivity index (χ0) is 31.2. The number of thiazole rings is 1. The van der Waals surface area contributed by atoms with Crippen LogP contribution in [0.1, 0.15) is 50.4 Å². The molecule has 1 aliphatic heterocycles. The van der Waals surface area contributed by atoms with Gasteiger partial charge in [0, 0.05) is 5.70 Å². The van der Waals surface area contributed by atoms with E-state index in [9.17, 15) is 14.7 Å². The van der Waals surface area contributed by atoms with Gasteiger partial charge in [0.1, 0.15) is 12.6 Å². The third-order valence-corrected chi connectivity index (χ3v) is 7.92. The summed E-state index contributed by atoms with van der Waals surface area (Å²) in [7, 11) is 0. The van der Waals surface area contributed by atoms with E-state index in [1.165, 1.54) is 22.0 Å². The summed E-state index contributed by atoms with van der Waals surface area (Å²) >= 11 is 1.22. The molecule has 9 nitrogen and oxygen atoms in total. The highest BCUT2D eigenvalue weighted by molar-refractivity contribution is 7.07. The Hall–Kier alpha value is -4.83. The normalized spacial score (nSPS) is 14.5. The van der Waals surface area contributed by atoms with Crippen LogP contribution in [-0.4, -0.2) is 35.5 Å². The number of hydrogen-bond acceptors (Lipinski definition) is 9. The molecule has 0 radical (unpaired) electrons. The van der Waals surface area contributed by atoms with Crippen molar-refractivity contribution in [2.45, 2.75) is 40.3 Å². The molecule has 0 amide bonds. The molecule has 3 aromatic carbocycles. The number of allylic oxidation sites excluding steroid dienone is 1. The van der Waals surface area contributed by atoms with E-state index in [4.69, 9.17) is 23.9 Å². The molecule has 228 valence electrons. The molecular weight excluding hydrogens is 580 g/mol. The van der Waals surface area contributed by atoms with Crippen molar-refractivity contribution in [1.29, 1.82) is 0 Å². The highest BCUT2D eigenvalue weighted by Gasteiger charge is 2.32. The second-order valence-electron chi connectivity index (χ2n) is 9.86. The van der Waals surface area contributed by atoms with Gasteiger partial charge in [-0.1, -0.05) is 53.8 Å². The number of esters is 1. The molecule has 0 saturated carbocycles. The summed E-state index contributed by atoms with van der Waals surface area (Å²) in [5, 5.41) is 10.1. The maximum atomic E-state index is 13.6. The van der Waals surface area contributed by atoms with Gasteiger partial charge in [-0.05, 0) is 74.7 Å². The first-order valence-electron chi connectivity index (χ1n) is 14.4.